The maximum Gasteiger partial charge on any atom is 0.269 e. The second-order valence-corrected chi connectivity index (χ2v) is 7.57. The summed E-state index contributed by atoms with van der Waals surface area (Å²) in [4.78, 5) is 35.8. The average Bonchev–Trinajstić information content (AvgIpc) is 3.14. The Morgan fingerprint density at radius 2 is 2.00 bits per heavy atom. The number of hydrogen-bond donors (Lipinski definition) is 2. The number of aryl methyl sites for hydroxylation is 2. The van der Waals surface area contributed by atoms with Gasteiger partial charge in [-0.25, -0.2) is 9.50 Å². The number of nitrogens with one attached hydrogen (secondary N) is 2. The number of hydrogen-bond acceptors (Lipinski definition) is 6. The van der Waals surface area contributed by atoms with E-state index >= 15 is 0 Å². The first-order valence-electron chi connectivity index (χ1n) is 10.3. The summed E-state index contributed by atoms with van der Waals surface area (Å²) in [5.41, 5.74) is 4.73. The van der Waals surface area contributed by atoms with Crippen LogP contribution in [0.3, 0.4) is 0 Å². The zero-order valence-electron chi connectivity index (χ0n) is 17.6. The normalized spacial score (nSPS) is 15.0. The topological polar surface area (TPSA) is 98.6 Å². The van der Waals surface area contributed by atoms with Crippen molar-refractivity contribution in [1.29, 1.82) is 0 Å². The van der Waals surface area contributed by atoms with Gasteiger partial charge in [0.05, 0.1) is 17.1 Å². The van der Waals surface area contributed by atoms with Crippen LogP contribution in [-0.2, 0) is 13.0 Å². The van der Waals surface area contributed by atoms with Gasteiger partial charge in [0.15, 0.2) is 0 Å². The molecule has 1 amide bonds. The molecule has 0 aromatic carbocycles. The molecule has 9 heteroatoms. The highest BCUT2D eigenvalue weighted by Crippen LogP contribution is 2.21. The van der Waals surface area contributed by atoms with E-state index in [9.17, 15) is 9.59 Å². The van der Waals surface area contributed by atoms with Gasteiger partial charge in [0, 0.05) is 57.6 Å². The number of carbonyl (C=O) groups excluding carboxylic acids is 1. The van der Waals surface area contributed by atoms with Crippen molar-refractivity contribution in [3.8, 4) is 0 Å². The first-order valence-corrected chi connectivity index (χ1v) is 10.3. The fourth-order valence-electron chi connectivity index (χ4n) is 3.89. The summed E-state index contributed by atoms with van der Waals surface area (Å²) in [6.45, 7) is 8.21. The molecule has 1 fully saturated rings. The van der Waals surface area contributed by atoms with Gasteiger partial charge in [-0.1, -0.05) is 6.92 Å². The van der Waals surface area contributed by atoms with E-state index in [-0.39, 0.29) is 11.5 Å². The number of carbonyl (C=O) groups is 1. The highest BCUT2D eigenvalue weighted by Gasteiger charge is 2.20. The lowest BCUT2D eigenvalue weighted by molar-refractivity contribution is 0.0958. The van der Waals surface area contributed by atoms with E-state index in [4.69, 9.17) is 0 Å². The fraction of sp³-hybridized carbons (Fsp3) is 0.429. The Labute approximate surface area is 174 Å². The third kappa shape index (κ3) is 3.93. The molecular weight excluding hydrogens is 382 g/mol. The molecule has 0 unspecified atom stereocenters. The van der Waals surface area contributed by atoms with Crippen LogP contribution in [-0.4, -0.2) is 63.6 Å². The Hall–Kier alpha value is -3.20. The molecule has 1 aliphatic heterocycles. The van der Waals surface area contributed by atoms with Crippen LogP contribution >= 0.6 is 0 Å². The van der Waals surface area contributed by atoms with E-state index in [0.29, 0.717) is 12.1 Å². The van der Waals surface area contributed by atoms with Crippen molar-refractivity contribution in [2.45, 2.75) is 26.8 Å². The van der Waals surface area contributed by atoms with Gasteiger partial charge in [-0.05, 0) is 25.5 Å². The molecule has 2 N–H and O–H groups in total. The van der Waals surface area contributed by atoms with Gasteiger partial charge in [-0.15, -0.1) is 0 Å². The van der Waals surface area contributed by atoms with E-state index in [1.165, 1.54) is 0 Å². The van der Waals surface area contributed by atoms with Crippen LogP contribution < -0.4 is 15.8 Å². The van der Waals surface area contributed by atoms with E-state index in [1.807, 2.05) is 32.2 Å². The summed E-state index contributed by atoms with van der Waals surface area (Å²) in [5, 5.41) is 7.23. The number of fused-ring (bicyclic) bond motifs is 1. The van der Waals surface area contributed by atoms with E-state index < -0.39 is 0 Å². The largest absolute Gasteiger partial charge is 0.368 e. The quantitative estimate of drug-likeness (QED) is 0.652. The Morgan fingerprint density at radius 1 is 1.23 bits per heavy atom. The highest BCUT2D eigenvalue weighted by molar-refractivity contribution is 5.92. The summed E-state index contributed by atoms with van der Waals surface area (Å²) in [6.07, 6.45) is 2.49. The van der Waals surface area contributed by atoms with Crippen molar-refractivity contribution >= 4 is 17.2 Å². The fourth-order valence-corrected chi connectivity index (χ4v) is 3.89. The minimum atomic E-state index is -0.172. The number of aromatic amines is 1. The molecule has 1 aliphatic rings. The number of pyridine rings is 1. The van der Waals surface area contributed by atoms with Gasteiger partial charge >= 0.3 is 0 Å². The van der Waals surface area contributed by atoms with E-state index in [2.05, 4.69) is 30.2 Å². The van der Waals surface area contributed by atoms with Gasteiger partial charge in [-0.3, -0.25) is 14.5 Å². The van der Waals surface area contributed by atoms with E-state index in [1.54, 1.807) is 17.6 Å². The van der Waals surface area contributed by atoms with Gasteiger partial charge in [0.2, 0.25) is 0 Å². The van der Waals surface area contributed by atoms with Crippen LogP contribution in [0.5, 0.6) is 0 Å². The van der Waals surface area contributed by atoms with Gasteiger partial charge in [0.25, 0.3) is 11.5 Å². The predicted molar refractivity (Wildman–Crippen MR) is 115 cm³/mol. The maximum atomic E-state index is 12.0. The zero-order valence-corrected chi connectivity index (χ0v) is 17.6. The second-order valence-electron chi connectivity index (χ2n) is 7.57. The zero-order chi connectivity index (χ0) is 21.3. The molecule has 0 atom stereocenters. The summed E-state index contributed by atoms with van der Waals surface area (Å²) in [7, 11) is 1.61. The molecular formula is C21H27N7O2. The Morgan fingerprint density at radius 3 is 2.67 bits per heavy atom. The van der Waals surface area contributed by atoms with Crippen molar-refractivity contribution < 1.29 is 4.79 Å². The van der Waals surface area contributed by atoms with Crippen LogP contribution in [0.1, 0.15) is 34.4 Å². The van der Waals surface area contributed by atoms with Crippen LogP contribution in [0.4, 0.5) is 5.69 Å². The number of anilines is 1. The molecule has 1 saturated heterocycles. The lowest BCUT2D eigenvalue weighted by Gasteiger charge is -2.36. The van der Waals surface area contributed by atoms with Crippen LogP contribution in [0.25, 0.3) is 5.65 Å². The van der Waals surface area contributed by atoms with Gasteiger partial charge in [0.1, 0.15) is 11.3 Å². The van der Waals surface area contributed by atoms with E-state index in [0.717, 1.165) is 61.0 Å². The molecule has 4 rings (SSSR count). The van der Waals surface area contributed by atoms with Crippen LogP contribution in [0.2, 0.25) is 0 Å². The molecule has 9 nitrogen and oxygen atoms in total. The number of amides is 1. The van der Waals surface area contributed by atoms with Crippen molar-refractivity contribution in [3.05, 3.63) is 57.4 Å². The number of H-pyrrole nitrogens is 1. The van der Waals surface area contributed by atoms with Crippen LogP contribution in [0.15, 0.2) is 29.2 Å². The Bertz CT molecular complexity index is 1130. The number of piperazine rings is 1. The SMILES string of the molecule is CCc1cn2nc(CN3CCN(c4ccc(C(=O)NC)nc4C)CC3)cc2[nH]c1=O. The predicted octanol–water partition coefficient (Wildman–Crippen LogP) is 0.970. The molecule has 30 heavy (non-hydrogen) atoms. The molecule has 4 heterocycles. The van der Waals surface area contributed by atoms with Crippen molar-refractivity contribution in [3.63, 3.8) is 0 Å². The molecule has 158 valence electrons. The summed E-state index contributed by atoms with van der Waals surface area (Å²) < 4.78 is 1.76. The van der Waals surface area contributed by atoms with Gasteiger partial charge in [-0.2, -0.15) is 5.10 Å². The number of nitrogens with zero attached hydrogens (tertiary/aromatic N) is 5. The molecule has 3 aromatic rings. The Balaban J connectivity index is 1.41. The molecule has 0 saturated carbocycles. The molecule has 0 aliphatic carbocycles. The molecule has 0 bridgehead atoms. The second kappa shape index (κ2) is 8.27. The van der Waals surface area contributed by atoms with Crippen molar-refractivity contribution in [2.75, 3.05) is 38.1 Å². The minimum absolute atomic E-state index is 0.0449. The smallest absolute Gasteiger partial charge is 0.269 e. The van der Waals surface area contributed by atoms with Gasteiger partial charge < -0.3 is 15.2 Å². The summed E-state index contributed by atoms with van der Waals surface area (Å²) in [6, 6.07) is 5.70. The third-order valence-electron chi connectivity index (χ3n) is 5.59. The monoisotopic (exact) mass is 409 g/mol. The number of rotatable bonds is 5. The third-order valence-corrected chi connectivity index (χ3v) is 5.59. The average molecular weight is 409 g/mol. The van der Waals surface area contributed by atoms with Crippen molar-refractivity contribution in [2.24, 2.45) is 0 Å². The molecule has 3 aromatic heterocycles. The lowest BCUT2D eigenvalue weighted by atomic mass is 10.2. The highest BCUT2D eigenvalue weighted by atomic mass is 16.1. The standard InChI is InChI=1S/C21H27N7O2/c1-4-15-12-28-19(24-20(15)29)11-16(25-28)13-26-7-9-27(10-8-26)18-6-5-17(21(30)22-3)23-14(18)2/h5-6,11-12H,4,7-10,13H2,1-3H3,(H,22,30)(H,24,29). The first-order chi connectivity index (χ1) is 14.5. The first kappa shape index (κ1) is 20.1. The number of aromatic nitrogens is 4. The van der Waals surface area contributed by atoms with Crippen molar-refractivity contribution in [1.82, 2.24) is 29.8 Å². The lowest BCUT2D eigenvalue weighted by Crippen LogP contribution is -2.46. The Kier molecular flexibility index (Phi) is 5.54. The molecule has 0 radical (unpaired) electrons. The minimum Gasteiger partial charge on any atom is -0.368 e. The molecule has 0 spiro atoms. The maximum absolute atomic E-state index is 12.0. The summed E-state index contributed by atoms with van der Waals surface area (Å²) in [5.74, 6) is -0.172. The summed E-state index contributed by atoms with van der Waals surface area (Å²) >= 11 is 0. The van der Waals surface area contributed by atoms with Crippen LogP contribution in [0, 0.1) is 6.92 Å².